The van der Waals surface area contributed by atoms with E-state index in [2.05, 4.69) is 16.0 Å². The fraction of sp³-hybridized carbons (Fsp3) is 0.400. The van der Waals surface area contributed by atoms with Gasteiger partial charge >= 0.3 is 12.0 Å². The Morgan fingerprint density at radius 2 is 1.78 bits per heavy atom. The smallest absolute Gasteiger partial charge is 0.315 e. The molecule has 3 amide bonds. The number of carbonyl (C=O) groups is 3. The van der Waals surface area contributed by atoms with Crippen molar-refractivity contribution in [1.82, 2.24) is 16.0 Å². The summed E-state index contributed by atoms with van der Waals surface area (Å²) in [4.78, 5) is 33.9. The summed E-state index contributed by atoms with van der Waals surface area (Å²) >= 11 is 5.77. The van der Waals surface area contributed by atoms with Gasteiger partial charge in [-0.25, -0.2) is 4.79 Å². The zero-order chi connectivity index (χ0) is 16.8. The van der Waals surface area contributed by atoms with Crippen molar-refractivity contribution in [2.24, 2.45) is 5.92 Å². The highest BCUT2D eigenvalue weighted by atomic mass is 35.5. The van der Waals surface area contributed by atoms with Crippen molar-refractivity contribution in [3.05, 3.63) is 34.9 Å². The number of carboxylic acids is 1. The highest BCUT2D eigenvalue weighted by molar-refractivity contribution is 6.30. The standard InChI is InChI=1S/C15H18ClN3O4/c16-11-3-1-9(2-4-11)7-17-15(23)18-8-13(20)19-12-5-10(6-12)14(21)22/h1-4,10,12H,5-8H2,(H,19,20)(H,21,22)(H2,17,18,23). The van der Waals surface area contributed by atoms with Gasteiger partial charge in [0.25, 0.3) is 0 Å². The van der Waals surface area contributed by atoms with E-state index in [0.717, 1.165) is 5.56 Å². The van der Waals surface area contributed by atoms with Crippen molar-refractivity contribution in [3.8, 4) is 0 Å². The molecule has 4 N–H and O–H groups in total. The Hall–Kier alpha value is -2.28. The predicted molar refractivity (Wildman–Crippen MR) is 84.0 cm³/mol. The molecule has 0 saturated heterocycles. The fourth-order valence-electron chi connectivity index (χ4n) is 2.22. The zero-order valence-electron chi connectivity index (χ0n) is 12.3. The number of amides is 3. The molecule has 23 heavy (non-hydrogen) atoms. The van der Waals surface area contributed by atoms with Gasteiger partial charge in [0.15, 0.2) is 0 Å². The molecule has 0 spiro atoms. The van der Waals surface area contributed by atoms with Crippen LogP contribution in [-0.4, -0.2) is 35.6 Å². The van der Waals surface area contributed by atoms with Crippen molar-refractivity contribution >= 4 is 29.5 Å². The third-order valence-corrected chi connectivity index (χ3v) is 3.88. The quantitative estimate of drug-likeness (QED) is 0.623. The Labute approximate surface area is 138 Å². The Balaban J connectivity index is 1.60. The maximum absolute atomic E-state index is 11.6. The van der Waals surface area contributed by atoms with Gasteiger partial charge < -0.3 is 21.1 Å². The molecule has 0 atom stereocenters. The summed E-state index contributed by atoms with van der Waals surface area (Å²) in [6, 6.07) is 6.48. The molecule has 8 heteroatoms. The van der Waals surface area contributed by atoms with Gasteiger partial charge in [0.05, 0.1) is 12.5 Å². The number of benzene rings is 1. The van der Waals surface area contributed by atoms with Crippen LogP contribution in [0.15, 0.2) is 24.3 Å². The largest absolute Gasteiger partial charge is 0.481 e. The maximum Gasteiger partial charge on any atom is 0.315 e. The summed E-state index contributed by atoms with van der Waals surface area (Å²) in [5.74, 6) is -1.55. The SMILES string of the molecule is O=C(CNC(=O)NCc1ccc(Cl)cc1)NC1CC(C(=O)O)C1. The van der Waals surface area contributed by atoms with E-state index in [1.54, 1.807) is 24.3 Å². The number of urea groups is 1. The van der Waals surface area contributed by atoms with Crippen LogP contribution in [0.3, 0.4) is 0 Å². The van der Waals surface area contributed by atoms with E-state index < -0.39 is 12.0 Å². The number of hydrogen-bond acceptors (Lipinski definition) is 3. The zero-order valence-corrected chi connectivity index (χ0v) is 13.1. The lowest BCUT2D eigenvalue weighted by atomic mass is 9.80. The first-order chi connectivity index (χ1) is 10.9. The molecule has 1 aliphatic carbocycles. The Bertz CT molecular complexity index is 585. The van der Waals surface area contributed by atoms with Crippen LogP contribution in [0.4, 0.5) is 4.79 Å². The monoisotopic (exact) mass is 339 g/mol. The van der Waals surface area contributed by atoms with Crippen LogP contribution in [-0.2, 0) is 16.1 Å². The van der Waals surface area contributed by atoms with Crippen molar-refractivity contribution < 1.29 is 19.5 Å². The van der Waals surface area contributed by atoms with Crippen LogP contribution in [0.5, 0.6) is 0 Å². The van der Waals surface area contributed by atoms with Crippen molar-refractivity contribution in [3.63, 3.8) is 0 Å². The lowest BCUT2D eigenvalue weighted by Crippen LogP contribution is -2.50. The van der Waals surface area contributed by atoms with Crippen LogP contribution in [0.1, 0.15) is 18.4 Å². The van der Waals surface area contributed by atoms with Gasteiger partial charge in [-0.3, -0.25) is 9.59 Å². The fourth-order valence-corrected chi connectivity index (χ4v) is 2.35. The Morgan fingerprint density at radius 3 is 2.39 bits per heavy atom. The summed E-state index contributed by atoms with van der Waals surface area (Å²) < 4.78 is 0. The van der Waals surface area contributed by atoms with E-state index >= 15 is 0 Å². The highest BCUT2D eigenvalue weighted by Crippen LogP contribution is 2.27. The van der Waals surface area contributed by atoms with Gasteiger partial charge in [-0.05, 0) is 30.5 Å². The van der Waals surface area contributed by atoms with E-state index in [4.69, 9.17) is 16.7 Å². The molecule has 1 aromatic rings. The van der Waals surface area contributed by atoms with E-state index in [9.17, 15) is 14.4 Å². The maximum atomic E-state index is 11.6. The first-order valence-corrected chi connectivity index (χ1v) is 7.60. The molecule has 1 aromatic carbocycles. The van der Waals surface area contributed by atoms with Crippen molar-refractivity contribution in [1.29, 1.82) is 0 Å². The molecule has 124 valence electrons. The van der Waals surface area contributed by atoms with Gasteiger partial charge in [0.2, 0.25) is 5.91 Å². The third kappa shape index (κ3) is 5.45. The summed E-state index contributed by atoms with van der Waals surface area (Å²) in [5, 5.41) is 17.1. The normalized spacial score (nSPS) is 19.3. The van der Waals surface area contributed by atoms with Crippen molar-refractivity contribution in [2.75, 3.05) is 6.54 Å². The molecule has 0 bridgehead atoms. The second kappa shape index (κ2) is 7.82. The number of hydrogen-bond donors (Lipinski definition) is 4. The Morgan fingerprint density at radius 1 is 1.13 bits per heavy atom. The van der Waals surface area contributed by atoms with Crippen LogP contribution >= 0.6 is 11.6 Å². The first-order valence-electron chi connectivity index (χ1n) is 7.22. The lowest BCUT2D eigenvalue weighted by molar-refractivity contribution is -0.146. The highest BCUT2D eigenvalue weighted by Gasteiger charge is 2.35. The minimum atomic E-state index is -0.838. The third-order valence-electron chi connectivity index (χ3n) is 3.63. The average molecular weight is 340 g/mol. The summed E-state index contributed by atoms with van der Waals surface area (Å²) in [5.41, 5.74) is 0.892. The van der Waals surface area contributed by atoms with Gasteiger partial charge in [-0.2, -0.15) is 0 Å². The number of carbonyl (C=O) groups excluding carboxylic acids is 2. The molecule has 0 unspecified atom stereocenters. The Kier molecular flexibility index (Phi) is 5.81. The summed E-state index contributed by atoms with van der Waals surface area (Å²) in [6.07, 6.45) is 0.869. The lowest BCUT2D eigenvalue weighted by Gasteiger charge is -2.32. The summed E-state index contributed by atoms with van der Waals surface area (Å²) in [6.45, 7) is 0.175. The van der Waals surface area contributed by atoms with Crippen LogP contribution < -0.4 is 16.0 Å². The molecule has 1 aliphatic rings. The molecule has 0 aromatic heterocycles. The van der Waals surface area contributed by atoms with Gasteiger partial charge in [-0.1, -0.05) is 23.7 Å². The average Bonchev–Trinajstić information content (AvgIpc) is 2.47. The molecule has 7 nitrogen and oxygen atoms in total. The molecule has 1 saturated carbocycles. The molecule has 0 heterocycles. The van der Waals surface area contributed by atoms with E-state index in [0.29, 0.717) is 24.4 Å². The topological polar surface area (TPSA) is 108 Å². The molecular formula is C15H18ClN3O4. The van der Waals surface area contributed by atoms with Crippen LogP contribution in [0.2, 0.25) is 5.02 Å². The minimum absolute atomic E-state index is 0.123. The number of rotatable bonds is 6. The second-order valence-electron chi connectivity index (χ2n) is 5.43. The first kappa shape index (κ1) is 17.1. The molecule has 1 fully saturated rings. The number of aliphatic carboxylic acids is 1. The molecule has 2 rings (SSSR count). The minimum Gasteiger partial charge on any atom is -0.481 e. The van der Waals surface area contributed by atoms with Crippen LogP contribution in [0.25, 0.3) is 0 Å². The van der Waals surface area contributed by atoms with E-state index in [-0.39, 0.29) is 24.4 Å². The van der Waals surface area contributed by atoms with E-state index in [1.165, 1.54) is 0 Å². The van der Waals surface area contributed by atoms with Crippen LogP contribution in [0, 0.1) is 5.92 Å². The van der Waals surface area contributed by atoms with E-state index in [1.807, 2.05) is 0 Å². The number of halogens is 1. The van der Waals surface area contributed by atoms with Gasteiger partial charge in [-0.15, -0.1) is 0 Å². The molecule has 0 aliphatic heterocycles. The molecular weight excluding hydrogens is 322 g/mol. The predicted octanol–water partition coefficient (Wildman–Crippen LogP) is 1.12. The molecule has 0 radical (unpaired) electrons. The van der Waals surface area contributed by atoms with Crippen molar-refractivity contribution in [2.45, 2.75) is 25.4 Å². The van der Waals surface area contributed by atoms with Gasteiger partial charge in [0, 0.05) is 17.6 Å². The van der Waals surface area contributed by atoms with Gasteiger partial charge in [0.1, 0.15) is 0 Å². The number of nitrogens with one attached hydrogen (secondary N) is 3. The summed E-state index contributed by atoms with van der Waals surface area (Å²) in [7, 11) is 0. The second-order valence-corrected chi connectivity index (χ2v) is 5.87. The number of carboxylic acid groups (broad SMARTS) is 1.